The normalized spacial score (nSPS) is 10.5. The first-order chi connectivity index (χ1) is 8.24. The third kappa shape index (κ3) is 3.82. The molecule has 2 rings (SSSR count). The third-order valence-electron chi connectivity index (χ3n) is 2.36. The SMILES string of the molecule is OP(O)Oc1ccc(Cc2ccccc2)cc1. The van der Waals surface area contributed by atoms with Gasteiger partial charge in [-0.2, -0.15) is 0 Å². The van der Waals surface area contributed by atoms with Crippen molar-refractivity contribution >= 4 is 8.60 Å². The lowest BCUT2D eigenvalue weighted by atomic mass is 10.1. The van der Waals surface area contributed by atoms with E-state index in [0.29, 0.717) is 5.75 Å². The minimum Gasteiger partial charge on any atom is -0.427 e. The summed E-state index contributed by atoms with van der Waals surface area (Å²) < 4.78 is 4.80. The Bertz CT molecular complexity index is 454. The summed E-state index contributed by atoms with van der Waals surface area (Å²) in [6, 6.07) is 17.5. The second-order valence-electron chi connectivity index (χ2n) is 3.65. The lowest BCUT2D eigenvalue weighted by Crippen LogP contribution is -1.89. The molecule has 88 valence electrons. The summed E-state index contributed by atoms with van der Waals surface area (Å²) in [5.74, 6) is 0.470. The van der Waals surface area contributed by atoms with Gasteiger partial charge < -0.3 is 14.3 Å². The summed E-state index contributed by atoms with van der Waals surface area (Å²) in [4.78, 5) is 17.4. The first-order valence-corrected chi connectivity index (χ1v) is 6.39. The van der Waals surface area contributed by atoms with Gasteiger partial charge in [0.25, 0.3) is 0 Å². The third-order valence-corrected chi connectivity index (χ3v) is 2.74. The lowest BCUT2D eigenvalue weighted by molar-refractivity contribution is 0.375. The first kappa shape index (κ1) is 12.1. The smallest absolute Gasteiger partial charge is 0.391 e. The summed E-state index contributed by atoms with van der Waals surface area (Å²) in [6.07, 6.45) is 0.855. The van der Waals surface area contributed by atoms with E-state index >= 15 is 0 Å². The molecule has 0 aliphatic carbocycles. The number of rotatable bonds is 4. The van der Waals surface area contributed by atoms with Crippen molar-refractivity contribution in [2.75, 3.05) is 0 Å². The number of benzene rings is 2. The molecule has 2 N–H and O–H groups in total. The predicted molar refractivity (Wildman–Crippen MR) is 67.7 cm³/mol. The molecule has 0 aliphatic heterocycles. The van der Waals surface area contributed by atoms with Crippen molar-refractivity contribution < 1.29 is 14.3 Å². The van der Waals surface area contributed by atoms with Crippen molar-refractivity contribution in [3.63, 3.8) is 0 Å². The average molecular weight is 248 g/mol. The van der Waals surface area contributed by atoms with E-state index in [-0.39, 0.29) is 0 Å². The molecule has 0 saturated heterocycles. The topological polar surface area (TPSA) is 49.7 Å². The number of hydrogen-bond acceptors (Lipinski definition) is 3. The Hall–Kier alpha value is -1.41. The lowest BCUT2D eigenvalue weighted by Gasteiger charge is -2.06. The van der Waals surface area contributed by atoms with Crippen molar-refractivity contribution in [3.8, 4) is 5.75 Å². The van der Waals surface area contributed by atoms with Gasteiger partial charge >= 0.3 is 8.60 Å². The number of hydrogen-bond donors (Lipinski definition) is 2. The zero-order chi connectivity index (χ0) is 12.1. The minimum atomic E-state index is -2.33. The molecular weight excluding hydrogens is 235 g/mol. The van der Waals surface area contributed by atoms with Gasteiger partial charge in [-0.3, -0.25) is 0 Å². The van der Waals surface area contributed by atoms with Gasteiger partial charge in [0.1, 0.15) is 5.75 Å². The Kier molecular flexibility index (Phi) is 4.10. The Morgan fingerprint density at radius 1 is 0.824 bits per heavy atom. The highest BCUT2D eigenvalue weighted by Gasteiger charge is 2.02. The summed E-state index contributed by atoms with van der Waals surface area (Å²) in [5.41, 5.74) is 2.40. The monoisotopic (exact) mass is 248 g/mol. The van der Waals surface area contributed by atoms with Crippen LogP contribution < -0.4 is 4.52 Å². The Labute approximate surface area is 101 Å². The van der Waals surface area contributed by atoms with Crippen molar-refractivity contribution in [2.45, 2.75) is 6.42 Å². The zero-order valence-electron chi connectivity index (χ0n) is 9.15. The molecule has 0 amide bonds. The fourth-order valence-corrected chi connectivity index (χ4v) is 1.90. The molecule has 0 heterocycles. The molecule has 0 fully saturated rings. The van der Waals surface area contributed by atoms with Crippen LogP contribution in [0.3, 0.4) is 0 Å². The Morgan fingerprint density at radius 3 is 2.00 bits per heavy atom. The van der Waals surface area contributed by atoms with Crippen LogP contribution in [0.2, 0.25) is 0 Å². The minimum absolute atomic E-state index is 0.470. The van der Waals surface area contributed by atoms with Crippen LogP contribution in [0.1, 0.15) is 11.1 Å². The molecular formula is C13H13O3P. The fraction of sp³-hybridized carbons (Fsp3) is 0.0769. The van der Waals surface area contributed by atoms with Crippen LogP contribution in [0.25, 0.3) is 0 Å². The second-order valence-corrected chi connectivity index (χ2v) is 4.34. The van der Waals surface area contributed by atoms with E-state index < -0.39 is 8.60 Å². The second kappa shape index (κ2) is 5.78. The predicted octanol–water partition coefficient (Wildman–Crippen LogP) is 2.87. The summed E-state index contributed by atoms with van der Waals surface area (Å²) in [7, 11) is -2.33. The standard InChI is InChI=1S/C13H13O3P/c14-17(15)16-13-8-6-12(7-9-13)10-11-4-2-1-3-5-11/h1-9,14-15H,10H2. The van der Waals surface area contributed by atoms with Crippen LogP contribution in [0.5, 0.6) is 5.75 Å². The maximum Gasteiger partial charge on any atom is 0.391 e. The van der Waals surface area contributed by atoms with Crippen LogP contribution in [0.4, 0.5) is 0 Å². The molecule has 0 spiro atoms. The van der Waals surface area contributed by atoms with E-state index in [9.17, 15) is 0 Å². The van der Waals surface area contributed by atoms with E-state index in [1.54, 1.807) is 12.1 Å². The van der Waals surface area contributed by atoms with Gasteiger partial charge in [0.15, 0.2) is 0 Å². The van der Waals surface area contributed by atoms with E-state index in [2.05, 4.69) is 12.1 Å². The summed E-state index contributed by atoms with van der Waals surface area (Å²) >= 11 is 0. The van der Waals surface area contributed by atoms with E-state index in [0.717, 1.165) is 12.0 Å². The molecule has 4 heteroatoms. The van der Waals surface area contributed by atoms with Gasteiger partial charge in [0, 0.05) is 0 Å². The van der Waals surface area contributed by atoms with Crippen LogP contribution in [-0.2, 0) is 6.42 Å². The fourth-order valence-electron chi connectivity index (χ4n) is 1.59. The van der Waals surface area contributed by atoms with Crippen LogP contribution in [-0.4, -0.2) is 9.79 Å². The quantitative estimate of drug-likeness (QED) is 0.818. The largest absolute Gasteiger partial charge is 0.427 e. The Balaban J connectivity index is 2.03. The molecule has 0 aromatic heterocycles. The molecule has 0 aliphatic rings. The van der Waals surface area contributed by atoms with Crippen LogP contribution in [0.15, 0.2) is 54.6 Å². The first-order valence-electron chi connectivity index (χ1n) is 5.23. The highest BCUT2D eigenvalue weighted by molar-refractivity contribution is 7.39. The van der Waals surface area contributed by atoms with Crippen LogP contribution >= 0.6 is 8.60 Å². The van der Waals surface area contributed by atoms with Crippen LogP contribution in [0, 0.1) is 0 Å². The summed E-state index contributed by atoms with van der Waals surface area (Å²) in [5, 5.41) is 0. The highest BCUT2D eigenvalue weighted by Crippen LogP contribution is 2.28. The molecule has 0 unspecified atom stereocenters. The van der Waals surface area contributed by atoms with Gasteiger partial charge in [-0.25, -0.2) is 0 Å². The molecule has 0 atom stereocenters. The Morgan fingerprint density at radius 2 is 1.41 bits per heavy atom. The van der Waals surface area contributed by atoms with Crippen molar-refractivity contribution in [1.29, 1.82) is 0 Å². The van der Waals surface area contributed by atoms with Gasteiger partial charge in [0.2, 0.25) is 0 Å². The van der Waals surface area contributed by atoms with Crippen molar-refractivity contribution in [2.24, 2.45) is 0 Å². The molecule has 2 aromatic carbocycles. The van der Waals surface area contributed by atoms with E-state index in [4.69, 9.17) is 14.3 Å². The van der Waals surface area contributed by atoms with Gasteiger partial charge in [-0.15, -0.1) is 0 Å². The molecule has 2 aromatic rings. The zero-order valence-corrected chi connectivity index (χ0v) is 10.0. The van der Waals surface area contributed by atoms with Crippen molar-refractivity contribution in [1.82, 2.24) is 0 Å². The molecule has 17 heavy (non-hydrogen) atoms. The molecule has 0 radical (unpaired) electrons. The van der Waals surface area contributed by atoms with E-state index in [1.807, 2.05) is 30.3 Å². The highest BCUT2D eigenvalue weighted by atomic mass is 31.2. The summed E-state index contributed by atoms with van der Waals surface area (Å²) in [6.45, 7) is 0. The molecule has 0 bridgehead atoms. The van der Waals surface area contributed by atoms with Crippen molar-refractivity contribution in [3.05, 3.63) is 65.7 Å². The molecule has 3 nitrogen and oxygen atoms in total. The van der Waals surface area contributed by atoms with Gasteiger partial charge in [0.05, 0.1) is 0 Å². The molecule has 0 saturated carbocycles. The average Bonchev–Trinajstić information content (AvgIpc) is 2.32. The maximum atomic E-state index is 8.71. The van der Waals surface area contributed by atoms with Gasteiger partial charge in [-0.1, -0.05) is 42.5 Å². The van der Waals surface area contributed by atoms with Gasteiger partial charge in [-0.05, 0) is 29.7 Å². The maximum absolute atomic E-state index is 8.71. The van der Waals surface area contributed by atoms with E-state index in [1.165, 1.54) is 5.56 Å².